The van der Waals surface area contributed by atoms with Crippen molar-refractivity contribution in [2.45, 2.75) is 31.3 Å². The van der Waals surface area contributed by atoms with E-state index in [2.05, 4.69) is 17.0 Å². The van der Waals surface area contributed by atoms with E-state index in [0.717, 1.165) is 12.8 Å². The smallest absolute Gasteiger partial charge is 0.257 e. The molecule has 2 bridgehead atoms. The summed E-state index contributed by atoms with van der Waals surface area (Å²) in [4.78, 5) is 25.9. The summed E-state index contributed by atoms with van der Waals surface area (Å²) in [7, 11) is 0. The first kappa shape index (κ1) is 12.0. The van der Waals surface area contributed by atoms with Crippen molar-refractivity contribution in [1.29, 1.82) is 0 Å². The van der Waals surface area contributed by atoms with Gasteiger partial charge in [0, 0.05) is 37.4 Å². The highest BCUT2D eigenvalue weighted by atomic mass is 16.2. The zero-order chi connectivity index (χ0) is 13.4. The highest BCUT2D eigenvalue weighted by molar-refractivity contribution is 5.95. The monoisotopic (exact) mass is 260 g/mol. The third kappa shape index (κ3) is 2.03. The van der Waals surface area contributed by atoms with E-state index < -0.39 is 0 Å². The summed E-state index contributed by atoms with van der Waals surface area (Å²) < 4.78 is 1.51. The van der Waals surface area contributed by atoms with Crippen LogP contribution in [0.1, 0.15) is 29.6 Å². The zero-order valence-electron chi connectivity index (χ0n) is 10.6. The maximum absolute atomic E-state index is 12.5. The standard InChI is InChI=1S/C13H16N4O2/c1-2-16-8-9(6-15-16)13(19)17-10-3-4-11(17)7-14-12(18)5-10/h2,6,8,10-11H,1,3-5,7H2,(H,14,18)/t10-,11+/m1/s1. The minimum atomic E-state index is -0.0444. The Morgan fingerprint density at radius 2 is 2.26 bits per heavy atom. The van der Waals surface area contributed by atoms with Gasteiger partial charge in [0.1, 0.15) is 0 Å². The molecule has 2 atom stereocenters. The average Bonchev–Trinajstić information content (AvgIpc) is 2.97. The molecular formula is C13H16N4O2. The Morgan fingerprint density at radius 1 is 1.47 bits per heavy atom. The second-order valence-corrected chi connectivity index (χ2v) is 5.00. The normalized spacial score (nSPS) is 25.9. The minimum Gasteiger partial charge on any atom is -0.354 e. The van der Waals surface area contributed by atoms with Crippen molar-refractivity contribution in [3.05, 3.63) is 24.5 Å². The molecule has 3 heterocycles. The largest absolute Gasteiger partial charge is 0.354 e. The SMILES string of the molecule is C=Cn1cc(C(=O)N2[C@@H]3CC[C@H]2CNC(=O)C3)cn1. The molecule has 1 N–H and O–H groups in total. The van der Waals surface area contributed by atoms with Crippen molar-refractivity contribution in [3.8, 4) is 0 Å². The van der Waals surface area contributed by atoms with Gasteiger partial charge in [0.2, 0.25) is 5.91 Å². The topological polar surface area (TPSA) is 67.2 Å². The minimum absolute atomic E-state index is 0.0204. The van der Waals surface area contributed by atoms with Gasteiger partial charge < -0.3 is 10.2 Å². The maximum Gasteiger partial charge on any atom is 0.257 e. The van der Waals surface area contributed by atoms with Gasteiger partial charge in [-0.05, 0) is 12.8 Å². The molecule has 2 aliphatic rings. The van der Waals surface area contributed by atoms with E-state index in [1.54, 1.807) is 18.6 Å². The molecule has 19 heavy (non-hydrogen) atoms. The summed E-state index contributed by atoms with van der Waals surface area (Å²) in [5.74, 6) is -0.0103. The van der Waals surface area contributed by atoms with Crippen molar-refractivity contribution in [2.24, 2.45) is 0 Å². The van der Waals surface area contributed by atoms with E-state index in [0.29, 0.717) is 18.5 Å². The molecule has 2 aliphatic heterocycles. The van der Waals surface area contributed by atoms with Crippen LogP contribution in [-0.2, 0) is 4.79 Å². The second-order valence-electron chi connectivity index (χ2n) is 5.00. The van der Waals surface area contributed by atoms with Crippen LogP contribution in [0.5, 0.6) is 0 Å². The van der Waals surface area contributed by atoms with Crippen LogP contribution < -0.4 is 5.32 Å². The van der Waals surface area contributed by atoms with Gasteiger partial charge in [0.15, 0.2) is 0 Å². The fourth-order valence-electron chi connectivity index (χ4n) is 2.91. The Labute approximate surface area is 111 Å². The highest BCUT2D eigenvalue weighted by Crippen LogP contribution is 2.29. The quantitative estimate of drug-likeness (QED) is 0.841. The fourth-order valence-corrected chi connectivity index (χ4v) is 2.91. The zero-order valence-corrected chi connectivity index (χ0v) is 10.6. The summed E-state index contributed by atoms with van der Waals surface area (Å²) >= 11 is 0. The second kappa shape index (κ2) is 4.53. The lowest BCUT2D eigenvalue weighted by Gasteiger charge is -2.26. The molecule has 1 aromatic rings. The van der Waals surface area contributed by atoms with Gasteiger partial charge in [-0.1, -0.05) is 6.58 Å². The molecule has 2 saturated heterocycles. The Kier molecular flexibility index (Phi) is 2.85. The van der Waals surface area contributed by atoms with Crippen molar-refractivity contribution in [3.63, 3.8) is 0 Å². The lowest BCUT2D eigenvalue weighted by atomic mass is 10.1. The van der Waals surface area contributed by atoms with E-state index >= 15 is 0 Å². The van der Waals surface area contributed by atoms with Crippen LogP contribution in [0, 0.1) is 0 Å². The highest BCUT2D eigenvalue weighted by Gasteiger charge is 2.40. The summed E-state index contributed by atoms with van der Waals surface area (Å²) in [6.45, 7) is 4.16. The molecule has 2 amide bonds. The number of hydrogen-bond donors (Lipinski definition) is 1. The van der Waals surface area contributed by atoms with Gasteiger partial charge >= 0.3 is 0 Å². The van der Waals surface area contributed by atoms with Crippen LogP contribution >= 0.6 is 0 Å². The van der Waals surface area contributed by atoms with Crippen LogP contribution in [0.3, 0.4) is 0 Å². The number of nitrogens with zero attached hydrogens (tertiary/aromatic N) is 3. The number of aromatic nitrogens is 2. The molecule has 0 saturated carbocycles. The maximum atomic E-state index is 12.5. The first-order chi connectivity index (χ1) is 9.19. The van der Waals surface area contributed by atoms with Crippen LogP contribution in [-0.4, -0.2) is 45.1 Å². The summed E-state index contributed by atoms with van der Waals surface area (Å²) in [5.41, 5.74) is 0.547. The van der Waals surface area contributed by atoms with Crippen LogP contribution in [0.25, 0.3) is 6.20 Å². The van der Waals surface area contributed by atoms with Crippen molar-refractivity contribution < 1.29 is 9.59 Å². The average molecular weight is 260 g/mol. The number of carbonyl (C=O) groups excluding carboxylic acids is 2. The van der Waals surface area contributed by atoms with Gasteiger partial charge in [-0.3, -0.25) is 9.59 Å². The van der Waals surface area contributed by atoms with E-state index in [1.807, 2.05) is 4.90 Å². The van der Waals surface area contributed by atoms with E-state index in [1.165, 1.54) is 4.68 Å². The molecule has 2 fully saturated rings. The molecule has 0 radical (unpaired) electrons. The predicted octanol–water partition coefficient (Wildman–Crippen LogP) is 0.477. The van der Waals surface area contributed by atoms with Crippen LogP contribution in [0.2, 0.25) is 0 Å². The van der Waals surface area contributed by atoms with Gasteiger partial charge in [-0.15, -0.1) is 0 Å². The van der Waals surface area contributed by atoms with Crippen molar-refractivity contribution in [1.82, 2.24) is 20.0 Å². The van der Waals surface area contributed by atoms with Crippen molar-refractivity contribution in [2.75, 3.05) is 6.54 Å². The van der Waals surface area contributed by atoms with E-state index in [-0.39, 0.29) is 23.9 Å². The fraction of sp³-hybridized carbons (Fsp3) is 0.462. The Hall–Kier alpha value is -2.11. The van der Waals surface area contributed by atoms with Gasteiger partial charge in [-0.2, -0.15) is 5.10 Å². The van der Waals surface area contributed by atoms with Crippen LogP contribution in [0.15, 0.2) is 19.0 Å². The lowest BCUT2D eigenvalue weighted by molar-refractivity contribution is -0.121. The molecule has 6 nitrogen and oxygen atoms in total. The summed E-state index contributed by atoms with van der Waals surface area (Å²) in [6.07, 6.45) is 7.00. The Balaban J connectivity index is 1.86. The predicted molar refractivity (Wildman–Crippen MR) is 69.2 cm³/mol. The lowest BCUT2D eigenvalue weighted by Crippen LogP contribution is -2.42. The molecule has 6 heteroatoms. The number of carbonyl (C=O) groups is 2. The van der Waals surface area contributed by atoms with Gasteiger partial charge in [0.05, 0.1) is 11.8 Å². The first-order valence-electron chi connectivity index (χ1n) is 6.45. The molecule has 3 rings (SSSR count). The first-order valence-corrected chi connectivity index (χ1v) is 6.45. The molecule has 1 aromatic heterocycles. The molecule has 0 aromatic carbocycles. The third-order valence-corrected chi connectivity index (χ3v) is 3.85. The summed E-state index contributed by atoms with van der Waals surface area (Å²) in [6, 6.07) is 0.128. The van der Waals surface area contributed by atoms with E-state index in [4.69, 9.17) is 0 Å². The van der Waals surface area contributed by atoms with Crippen LogP contribution in [0.4, 0.5) is 0 Å². The number of hydrogen-bond acceptors (Lipinski definition) is 3. The molecule has 0 spiro atoms. The number of fused-ring (bicyclic) bond motifs is 2. The van der Waals surface area contributed by atoms with Gasteiger partial charge in [0.25, 0.3) is 5.91 Å². The summed E-state index contributed by atoms with van der Waals surface area (Å²) in [5, 5.41) is 6.89. The Bertz CT molecular complexity index is 537. The van der Waals surface area contributed by atoms with Crippen molar-refractivity contribution >= 4 is 18.0 Å². The van der Waals surface area contributed by atoms with E-state index in [9.17, 15) is 9.59 Å². The molecule has 0 unspecified atom stereocenters. The molecule has 100 valence electrons. The van der Waals surface area contributed by atoms with Gasteiger partial charge in [-0.25, -0.2) is 4.68 Å². The molecule has 0 aliphatic carbocycles. The molecular weight excluding hydrogens is 244 g/mol. The number of rotatable bonds is 2. The third-order valence-electron chi connectivity index (χ3n) is 3.85. The Morgan fingerprint density at radius 3 is 3.00 bits per heavy atom. The number of amides is 2. The number of nitrogens with one attached hydrogen (secondary N) is 1.